The number of nitrogens with zero attached hydrogens (tertiary/aromatic N) is 2. The van der Waals surface area contributed by atoms with Gasteiger partial charge in [0.15, 0.2) is 0 Å². The predicted octanol–water partition coefficient (Wildman–Crippen LogP) is 3.12. The Balaban J connectivity index is 2.05. The highest BCUT2D eigenvalue weighted by Gasteiger charge is 2.21. The predicted molar refractivity (Wildman–Crippen MR) is 83.6 cm³/mol. The summed E-state index contributed by atoms with van der Waals surface area (Å²) in [4.78, 5) is 14.9. The highest BCUT2D eigenvalue weighted by molar-refractivity contribution is 7.99. The average molecular weight is 296 g/mol. The maximum atomic E-state index is 10.9. The van der Waals surface area contributed by atoms with E-state index in [0.717, 1.165) is 18.1 Å². The molecule has 0 radical (unpaired) electrons. The summed E-state index contributed by atoms with van der Waals surface area (Å²) < 4.78 is 0. The fourth-order valence-electron chi connectivity index (χ4n) is 2.48. The van der Waals surface area contributed by atoms with Gasteiger partial charge < -0.3 is 10.6 Å². The molecule has 1 aliphatic carbocycles. The van der Waals surface area contributed by atoms with E-state index in [0.29, 0.717) is 17.7 Å². The summed E-state index contributed by atoms with van der Waals surface area (Å²) in [5, 5.41) is 17.9. The topological polar surface area (TPSA) is 80.1 Å². The van der Waals surface area contributed by atoms with Gasteiger partial charge in [-0.3, -0.25) is 10.1 Å². The van der Waals surface area contributed by atoms with Gasteiger partial charge >= 0.3 is 0 Å². The van der Waals surface area contributed by atoms with Crippen molar-refractivity contribution in [3.8, 4) is 0 Å². The summed E-state index contributed by atoms with van der Waals surface area (Å²) in [6.07, 6.45) is 6.70. The number of nitro groups is 1. The van der Waals surface area contributed by atoms with Crippen LogP contribution in [0.3, 0.4) is 0 Å². The largest absolute Gasteiger partial charge is 0.373 e. The molecule has 1 aromatic rings. The molecule has 20 heavy (non-hydrogen) atoms. The van der Waals surface area contributed by atoms with E-state index >= 15 is 0 Å². The lowest BCUT2D eigenvalue weighted by Crippen LogP contribution is -2.27. The first-order valence-electron chi connectivity index (χ1n) is 6.76. The van der Waals surface area contributed by atoms with Gasteiger partial charge in [0.1, 0.15) is 11.6 Å². The lowest BCUT2D eigenvalue weighted by atomic mass is 9.95. The minimum atomic E-state index is -0.391. The number of rotatable bonds is 5. The molecule has 1 aromatic heterocycles. The van der Waals surface area contributed by atoms with Crippen molar-refractivity contribution >= 4 is 29.1 Å². The second kappa shape index (κ2) is 6.78. The first kappa shape index (κ1) is 14.9. The third-order valence-electron chi connectivity index (χ3n) is 3.64. The number of nitrogens with one attached hydrogen (secondary N) is 2. The summed E-state index contributed by atoms with van der Waals surface area (Å²) in [6, 6.07) is 3.30. The molecule has 0 bridgehead atoms. The molecule has 0 amide bonds. The minimum Gasteiger partial charge on any atom is -0.373 e. The van der Waals surface area contributed by atoms with Gasteiger partial charge in [0, 0.05) is 18.3 Å². The number of hydrogen-bond donors (Lipinski definition) is 2. The van der Waals surface area contributed by atoms with Crippen LogP contribution in [0, 0.1) is 10.1 Å². The van der Waals surface area contributed by atoms with Crippen molar-refractivity contribution in [1.82, 2.24) is 4.98 Å². The smallest absolute Gasteiger partial charge is 0.276 e. The maximum Gasteiger partial charge on any atom is 0.276 e. The summed E-state index contributed by atoms with van der Waals surface area (Å²) in [5.74, 6) is 1.09. The summed E-state index contributed by atoms with van der Waals surface area (Å²) in [7, 11) is 1.71. The van der Waals surface area contributed by atoms with Crippen LogP contribution in [-0.2, 0) is 0 Å². The summed E-state index contributed by atoms with van der Waals surface area (Å²) in [5.41, 5.74) is 0.0599. The molecule has 0 spiro atoms. The summed E-state index contributed by atoms with van der Waals surface area (Å²) >= 11 is 1.92. The molecule has 7 heteroatoms. The van der Waals surface area contributed by atoms with Crippen molar-refractivity contribution in [2.75, 3.05) is 23.9 Å². The molecule has 0 aliphatic heterocycles. The Hall–Kier alpha value is -1.50. The quantitative estimate of drug-likeness (QED) is 0.642. The zero-order chi connectivity index (χ0) is 14.5. The monoisotopic (exact) mass is 296 g/mol. The SMILES string of the molecule is CNc1cc([N+](=O)[O-])cc(NC2CCC(SC)CC2)n1. The van der Waals surface area contributed by atoms with E-state index in [4.69, 9.17) is 0 Å². The van der Waals surface area contributed by atoms with Crippen molar-refractivity contribution < 1.29 is 4.92 Å². The van der Waals surface area contributed by atoms with Crippen molar-refractivity contribution in [3.63, 3.8) is 0 Å². The molecule has 1 heterocycles. The average Bonchev–Trinajstić information content (AvgIpc) is 2.47. The molecule has 0 saturated heterocycles. The molecule has 6 nitrogen and oxygen atoms in total. The van der Waals surface area contributed by atoms with Crippen LogP contribution in [0.5, 0.6) is 0 Å². The Labute approximate surface area is 122 Å². The normalized spacial score (nSPS) is 22.3. The second-order valence-electron chi connectivity index (χ2n) is 4.96. The van der Waals surface area contributed by atoms with Crippen LogP contribution in [0.1, 0.15) is 25.7 Å². The van der Waals surface area contributed by atoms with Gasteiger partial charge in [0.05, 0.1) is 17.1 Å². The maximum absolute atomic E-state index is 10.9. The van der Waals surface area contributed by atoms with Crippen LogP contribution >= 0.6 is 11.8 Å². The highest BCUT2D eigenvalue weighted by atomic mass is 32.2. The van der Waals surface area contributed by atoms with E-state index in [-0.39, 0.29) is 5.69 Å². The van der Waals surface area contributed by atoms with Gasteiger partial charge in [-0.15, -0.1) is 0 Å². The number of anilines is 2. The zero-order valence-corrected chi connectivity index (χ0v) is 12.6. The molecule has 2 rings (SSSR count). The number of thioether (sulfide) groups is 1. The van der Waals surface area contributed by atoms with Crippen molar-refractivity contribution in [1.29, 1.82) is 0 Å². The molecular formula is C13H20N4O2S. The van der Waals surface area contributed by atoms with Crippen molar-refractivity contribution in [3.05, 3.63) is 22.2 Å². The summed E-state index contributed by atoms with van der Waals surface area (Å²) in [6.45, 7) is 0. The minimum absolute atomic E-state index is 0.0599. The number of pyridine rings is 1. The van der Waals surface area contributed by atoms with Gasteiger partial charge in [-0.05, 0) is 31.9 Å². The third kappa shape index (κ3) is 3.75. The Morgan fingerprint density at radius 1 is 1.30 bits per heavy atom. The van der Waals surface area contributed by atoms with E-state index < -0.39 is 4.92 Å². The molecule has 2 N–H and O–H groups in total. The fraction of sp³-hybridized carbons (Fsp3) is 0.615. The van der Waals surface area contributed by atoms with Gasteiger partial charge in [-0.25, -0.2) is 4.98 Å². The lowest BCUT2D eigenvalue weighted by Gasteiger charge is -2.28. The van der Waals surface area contributed by atoms with Crippen LogP contribution in [-0.4, -0.2) is 34.5 Å². The molecule has 1 aliphatic rings. The van der Waals surface area contributed by atoms with Crippen LogP contribution in [0.25, 0.3) is 0 Å². The molecule has 1 fully saturated rings. The zero-order valence-electron chi connectivity index (χ0n) is 11.8. The number of hydrogen-bond acceptors (Lipinski definition) is 6. The van der Waals surface area contributed by atoms with Crippen LogP contribution < -0.4 is 10.6 Å². The Bertz CT molecular complexity index is 475. The first-order chi connectivity index (χ1) is 9.62. The van der Waals surface area contributed by atoms with E-state index in [9.17, 15) is 10.1 Å². The van der Waals surface area contributed by atoms with Crippen LogP contribution in [0.2, 0.25) is 0 Å². The Morgan fingerprint density at radius 3 is 2.50 bits per heavy atom. The van der Waals surface area contributed by atoms with Crippen molar-refractivity contribution in [2.45, 2.75) is 37.0 Å². The van der Waals surface area contributed by atoms with Crippen LogP contribution in [0.4, 0.5) is 17.3 Å². The first-order valence-corrected chi connectivity index (χ1v) is 8.04. The molecule has 0 atom stereocenters. The lowest BCUT2D eigenvalue weighted by molar-refractivity contribution is -0.384. The van der Waals surface area contributed by atoms with Gasteiger partial charge in [0.2, 0.25) is 0 Å². The Kier molecular flexibility index (Phi) is 5.05. The molecule has 110 valence electrons. The Morgan fingerprint density at radius 2 is 1.95 bits per heavy atom. The van der Waals surface area contributed by atoms with E-state index in [1.165, 1.54) is 25.0 Å². The molecular weight excluding hydrogens is 276 g/mol. The molecule has 0 aromatic carbocycles. The highest BCUT2D eigenvalue weighted by Crippen LogP contribution is 2.29. The third-order valence-corrected chi connectivity index (χ3v) is 4.77. The van der Waals surface area contributed by atoms with Gasteiger partial charge in [-0.2, -0.15) is 11.8 Å². The van der Waals surface area contributed by atoms with Gasteiger partial charge in [0.25, 0.3) is 5.69 Å². The van der Waals surface area contributed by atoms with E-state index in [1.54, 1.807) is 7.05 Å². The molecule has 1 saturated carbocycles. The fourth-order valence-corrected chi connectivity index (χ4v) is 3.22. The standard InChI is InChI=1S/C13H20N4O2S/c1-14-12-7-10(17(18)19)8-13(16-12)15-9-3-5-11(20-2)6-4-9/h7-9,11H,3-6H2,1-2H3,(H2,14,15,16). The number of aromatic nitrogens is 1. The van der Waals surface area contributed by atoms with Gasteiger partial charge in [-0.1, -0.05) is 0 Å². The second-order valence-corrected chi connectivity index (χ2v) is 6.09. The van der Waals surface area contributed by atoms with E-state index in [1.807, 2.05) is 11.8 Å². The van der Waals surface area contributed by atoms with Crippen LogP contribution in [0.15, 0.2) is 12.1 Å². The molecule has 0 unspecified atom stereocenters. The van der Waals surface area contributed by atoms with E-state index in [2.05, 4.69) is 21.9 Å². The van der Waals surface area contributed by atoms with Crippen molar-refractivity contribution in [2.24, 2.45) is 0 Å².